The van der Waals surface area contributed by atoms with Gasteiger partial charge in [-0.25, -0.2) is 4.98 Å². The number of thiazole rings is 1. The number of ether oxygens (including phenoxy) is 1. The Bertz CT molecular complexity index is 641. The van der Waals surface area contributed by atoms with Crippen LogP contribution in [0.2, 0.25) is 0 Å². The van der Waals surface area contributed by atoms with E-state index in [0.29, 0.717) is 30.5 Å². The van der Waals surface area contributed by atoms with Crippen molar-refractivity contribution in [2.75, 3.05) is 20.1 Å². The van der Waals surface area contributed by atoms with Gasteiger partial charge in [0.15, 0.2) is 0 Å². The molecule has 0 aliphatic heterocycles. The van der Waals surface area contributed by atoms with E-state index in [-0.39, 0.29) is 5.91 Å². The zero-order chi connectivity index (χ0) is 16.1. The molecule has 5 nitrogen and oxygen atoms in total. The van der Waals surface area contributed by atoms with E-state index < -0.39 is 0 Å². The van der Waals surface area contributed by atoms with E-state index >= 15 is 0 Å². The van der Waals surface area contributed by atoms with Crippen LogP contribution in [0.5, 0.6) is 5.75 Å². The lowest BCUT2D eigenvalue weighted by Crippen LogP contribution is -2.34. The highest BCUT2D eigenvalue weighted by atomic mass is 32.1. The molecule has 0 bridgehead atoms. The van der Waals surface area contributed by atoms with Crippen molar-refractivity contribution in [3.63, 3.8) is 0 Å². The fourth-order valence-electron chi connectivity index (χ4n) is 2.38. The van der Waals surface area contributed by atoms with Crippen LogP contribution in [0.1, 0.15) is 28.9 Å². The van der Waals surface area contributed by atoms with E-state index in [1.54, 1.807) is 11.6 Å². The fourth-order valence-corrected chi connectivity index (χ4v) is 2.92. The van der Waals surface area contributed by atoms with Crippen LogP contribution in [0.4, 0.5) is 0 Å². The topological polar surface area (TPSA) is 54.5 Å². The summed E-state index contributed by atoms with van der Waals surface area (Å²) >= 11 is 1.53. The summed E-state index contributed by atoms with van der Waals surface area (Å²) in [7, 11) is 2.11. The lowest BCUT2D eigenvalue weighted by Gasteiger charge is -2.16. The predicted octanol–water partition coefficient (Wildman–Crippen LogP) is 2.55. The summed E-state index contributed by atoms with van der Waals surface area (Å²) in [4.78, 5) is 18.9. The molecule has 0 spiro atoms. The highest BCUT2D eigenvalue weighted by Crippen LogP contribution is 2.24. The van der Waals surface area contributed by atoms with Crippen molar-refractivity contribution in [3.05, 3.63) is 46.4 Å². The Morgan fingerprint density at radius 1 is 1.43 bits per heavy atom. The van der Waals surface area contributed by atoms with Gasteiger partial charge >= 0.3 is 0 Å². The molecule has 1 aliphatic carbocycles. The van der Waals surface area contributed by atoms with Gasteiger partial charge in [0, 0.05) is 24.5 Å². The Balaban J connectivity index is 1.54. The van der Waals surface area contributed by atoms with E-state index in [4.69, 9.17) is 4.74 Å². The molecule has 0 atom stereocenters. The number of nitrogens with zero attached hydrogens (tertiary/aromatic N) is 2. The van der Waals surface area contributed by atoms with Crippen molar-refractivity contribution in [3.8, 4) is 5.75 Å². The lowest BCUT2D eigenvalue weighted by atomic mass is 10.2. The van der Waals surface area contributed by atoms with Crippen LogP contribution < -0.4 is 10.1 Å². The highest BCUT2D eigenvalue weighted by Gasteiger charge is 2.25. The first-order valence-corrected chi connectivity index (χ1v) is 8.75. The second-order valence-corrected chi connectivity index (χ2v) is 6.45. The molecule has 122 valence electrons. The van der Waals surface area contributed by atoms with Gasteiger partial charge < -0.3 is 15.0 Å². The molecule has 3 rings (SSSR count). The standard InChI is InChI=1S/C17H21N3O2S/c1-20(14-6-7-14)9-8-18-17(21)15-4-2-3-5-16(15)22-10-13-11-23-12-19-13/h2-5,11-12,14H,6-10H2,1H3,(H,18,21). The van der Waals surface area contributed by atoms with Crippen molar-refractivity contribution in [1.29, 1.82) is 0 Å². The average molecular weight is 331 g/mol. The number of carbonyl (C=O) groups excluding carboxylic acids is 1. The number of benzene rings is 1. The number of para-hydroxylation sites is 1. The summed E-state index contributed by atoms with van der Waals surface area (Å²) < 4.78 is 5.75. The molecule has 1 amide bonds. The van der Waals surface area contributed by atoms with E-state index in [9.17, 15) is 4.79 Å². The smallest absolute Gasteiger partial charge is 0.255 e. The van der Waals surface area contributed by atoms with E-state index in [2.05, 4.69) is 22.2 Å². The van der Waals surface area contributed by atoms with Gasteiger partial charge in [-0.15, -0.1) is 11.3 Å². The molecule has 23 heavy (non-hydrogen) atoms. The molecule has 2 aromatic rings. The normalized spacial score (nSPS) is 14.0. The zero-order valence-corrected chi connectivity index (χ0v) is 14.0. The summed E-state index contributed by atoms with van der Waals surface area (Å²) in [5.41, 5.74) is 3.21. The third kappa shape index (κ3) is 4.53. The minimum Gasteiger partial charge on any atom is -0.486 e. The number of hydrogen-bond acceptors (Lipinski definition) is 5. The maximum atomic E-state index is 12.4. The number of nitrogens with one attached hydrogen (secondary N) is 1. The van der Waals surface area contributed by atoms with Crippen molar-refractivity contribution < 1.29 is 9.53 Å². The van der Waals surface area contributed by atoms with E-state index in [1.807, 2.05) is 23.6 Å². The number of aromatic nitrogens is 1. The van der Waals surface area contributed by atoms with Gasteiger partial charge in [-0.2, -0.15) is 0 Å². The van der Waals surface area contributed by atoms with Gasteiger partial charge in [-0.3, -0.25) is 4.79 Å². The molecule has 1 aliphatic rings. The third-order valence-electron chi connectivity index (χ3n) is 3.91. The molecule has 6 heteroatoms. The third-order valence-corrected chi connectivity index (χ3v) is 4.55. The number of carbonyl (C=O) groups is 1. The Labute approximate surface area is 140 Å². The van der Waals surface area contributed by atoms with Gasteiger partial charge in [0.1, 0.15) is 12.4 Å². The van der Waals surface area contributed by atoms with E-state index in [1.165, 1.54) is 24.2 Å². The van der Waals surface area contributed by atoms with Gasteiger partial charge in [0.2, 0.25) is 0 Å². The average Bonchev–Trinajstić information content (AvgIpc) is 3.29. The fraction of sp³-hybridized carbons (Fsp3) is 0.412. The van der Waals surface area contributed by atoms with Crippen LogP contribution in [0, 0.1) is 0 Å². The Hall–Kier alpha value is -1.92. The largest absolute Gasteiger partial charge is 0.486 e. The summed E-state index contributed by atoms with van der Waals surface area (Å²) in [6, 6.07) is 8.03. The van der Waals surface area contributed by atoms with Crippen molar-refractivity contribution in [2.24, 2.45) is 0 Å². The van der Waals surface area contributed by atoms with Crippen LogP contribution in [-0.2, 0) is 6.61 Å². The molecule has 1 aromatic heterocycles. The predicted molar refractivity (Wildman–Crippen MR) is 90.9 cm³/mol. The monoisotopic (exact) mass is 331 g/mol. The minimum atomic E-state index is -0.0944. The molecular weight excluding hydrogens is 310 g/mol. The first-order valence-electron chi connectivity index (χ1n) is 7.81. The van der Waals surface area contributed by atoms with Gasteiger partial charge in [0.25, 0.3) is 5.91 Å². The lowest BCUT2D eigenvalue weighted by molar-refractivity contribution is 0.0945. The molecule has 1 fully saturated rings. The minimum absolute atomic E-state index is 0.0944. The number of hydrogen-bond donors (Lipinski definition) is 1. The second-order valence-electron chi connectivity index (χ2n) is 5.73. The Morgan fingerprint density at radius 3 is 3.00 bits per heavy atom. The molecule has 1 N–H and O–H groups in total. The summed E-state index contributed by atoms with van der Waals surface area (Å²) in [6.07, 6.45) is 2.55. The van der Waals surface area contributed by atoms with Crippen LogP contribution >= 0.6 is 11.3 Å². The first-order chi connectivity index (χ1) is 11.2. The number of likely N-dealkylation sites (N-methyl/N-ethyl adjacent to an activating group) is 1. The molecule has 1 saturated carbocycles. The number of rotatable bonds is 8. The van der Waals surface area contributed by atoms with Gasteiger partial charge in [0.05, 0.1) is 16.8 Å². The zero-order valence-electron chi connectivity index (χ0n) is 13.2. The Kier molecular flexibility index (Phi) is 5.25. The molecular formula is C17H21N3O2S. The van der Waals surface area contributed by atoms with Crippen LogP contribution in [-0.4, -0.2) is 42.0 Å². The van der Waals surface area contributed by atoms with E-state index in [0.717, 1.165) is 12.2 Å². The summed E-state index contributed by atoms with van der Waals surface area (Å²) in [5, 5.41) is 4.91. The van der Waals surface area contributed by atoms with Crippen LogP contribution in [0.3, 0.4) is 0 Å². The number of amides is 1. The highest BCUT2D eigenvalue weighted by molar-refractivity contribution is 7.07. The molecule has 0 radical (unpaired) electrons. The maximum absolute atomic E-state index is 12.4. The summed E-state index contributed by atoms with van der Waals surface area (Å²) in [5.74, 6) is 0.497. The van der Waals surface area contributed by atoms with Crippen molar-refractivity contribution in [2.45, 2.75) is 25.5 Å². The Morgan fingerprint density at radius 2 is 2.26 bits per heavy atom. The van der Waals surface area contributed by atoms with Gasteiger partial charge in [-0.1, -0.05) is 12.1 Å². The molecule has 1 heterocycles. The maximum Gasteiger partial charge on any atom is 0.255 e. The first kappa shape index (κ1) is 16.0. The molecule has 0 unspecified atom stereocenters. The quantitative estimate of drug-likeness (QED) is 0.808. The molecule has 0 saturated heterocycles. The van der Waals surface area contributed by atoms with Gasteiger partial charge in [-0.05, 0) is 32.0 Å². The SMILES string of the molecule is CN(CCNC(=O)c1ccccc1OCc1cscn1)C1CC1. The van der Waals surface area contributed by atoms with Crippen LogP contribution in [0.25, 0.3) is 0 Å². The summed E-state index contributed by atoms with van der Waals surface area (Å²) in [6.45, 7) is 1.89. The van der Waals surface area contributed by atoms with Crippen molar-refractivity contribution >= 4 is 17.2 Å². The van der Waals surface area contributed by atoms with Crippen molar-refractivity contribution in [1.82, 2.24) is 15.2 Å². The van der Waals surface area contributed by atoms with Crippen LogP contribution in [0.15, 0.2) is 35.2 Å². The molecule has 1 aromatic carbocycles. The second kappa shape index (κ2) is 7.57.